The number of amides is 2. The molecule has 2 fully saturated rings. The molecule has 1 N–H and O–H groups in total. The van der Waals surface area contributed by atoms with Crippen LogP contribution >= 0.6 is 0 Å². The van der Waals surface area contributed by atoms with Gasteiger partial charge in [0.15, 0.2) is 0 Å². The zero-order chi connectivity index (χ0) is 15.4. The van der Waals surface area contributed by atoms with E-state index in [1.165, 1.54) is 19.3 Å². The van der Waals surface area contributed by atoms with Gasteiger partial charge in [-0.1, -0.05) is 46.5 Å². The Morgan fingerprint density at radius 2 is 1.81 bits per heavy atom. The van der Waals surface area contributed by atoms with Crippen molar-refractivity contribution in [2.75, 3.05) is 6.54 Å². The summed E-state index contributed by atoms with van der Waals surface area (Å²) >= 11 is 0. The summed E-state index contributed by atoms with van der Waals surface area (Å²) < 4.78 is 0. The van der Waals surface area contributed by atoms with Gasteiger partial charge in [-0.3, -0.25) is 9.59 Å². The molecular formula is C17H30N2O2. The van der Waals surface area contributed by atoms with Crippen molar-refractivity contribution in [2.24, 2.45) is 11.8 Å². The van der Waals surface area contributed by atoms with E-state index in [0.29, 0.717) is 5.92 Å². The highest BCUT2D eigenvalue weighted by molar-refractivity contribution is 5.97. The molecule has 21 heavy (non-hydrogen) atoms. The Labute approximate surface area is 128 Å². The van der Waals surface area contributed by atoms with Crippen LogP contribution in [0.3, 0.4) is 0 Å². The first-order chi connectivity index (χ1) is 10.1. The molecule has 0 aromatic carbocycles. The molecule has 2 rings (SSSR count). The summed E-state index contributed by atoms with van der Waals surface area (Å²) in [5, 5.41) is 2.95. The number of carbonyl (C=O) groups excluding carboxylic acids is 2. The van der Waals surface area contributed by atoms with Gasteiger partial charge in [-0.25, -0.2) is 0 Å². The average Bonchev–Trinajstić information content (AvgIpc) is 3.25. The second-order valence-electron chi connectivity index (χ2n) is 6.96. The number of nitrogens with zero attached hydrogens (tertiary/aromatic N) is 1. The number of piperazine rings is 1. The average molecular weight is 294 g/mol. The Morgan fingerprint density at radius 3 is 2.38 bits per heavy atom. The van der Waals surface area contributed by atoms with Gasteiger partial charge in [-0.15, -0.1) is 0 Å². The molecule has 1 aliphatic heterocycles. The van der Waals surface area contributed by atoms with Gasteiger partial charge in [0.25, 0.3) is 0 Å². The van der Waals surface area contributed by atoms with Crippen LogP contribution in [0.1, 0.15) is 65.7 Å². The Balaban J connectivity index is 1.97. The quantitative estimate of drug-likeness (QED) is 0.700. The number of hydrogen-bond donors (Lipinski definition) is 1. The highest BCUT2D eigenvalue weighted by Gasteiger charge is 2.48. The van der Waals surface area contributed by atoms with E-state index in [1.807, 2.05) is 18.7 Å². The Bertz CT molecular complexity index is 377. The highest BCUT2D eigenvalue weighted by Crippen LogP contribution is 2.37. The van der Waals surface area contributed by atoms with E-state index in [9.17, 15) is 9.59 Å². The summed E-state index contributed by atoms with van der Waals surface area (Å²) in [4.78, 5) is 27.0. The molecule has 1 aliphatic carbocycles. The van der Waals surface area contributed by atoms with Crippen molar-refractivity contribution in [3.05, 3.63) is 0 Å². The number of rotatable bonds is 8. The molecule has 4 heteroatoms. The normalized spacial score (nSPS) is 26.4. The van der Waals surface area contributed by atoms with Crippen molar-refractivity contribution >= 4 is 11.8 Å². The van der Waals surface area contributed by atoms with Gasteiger partial charge in [0, 0.05) is 6.54 Å². The van der Waals surface area contributed by atoms with Gasteiger partial charge in [0.2, 0.25) is 11.8 Å². The molecule has 2 aliphatic rings. The minimum absolute atomic E-state index is 0.0735. The molecule has 1 saturated carbocycles. The third-order valence-electron chi connectivity index (χ3n) is 4.69. The van der Waals surface area contributed by atoms with E-state index in [-0.39, 0.29) is 29.8 Å². The van der Waals surface area contributed by atoms with Crippen LogP contribution in [-0.4, -0.2) is 35.3 Å². The van der Waals surface area contributed by atoms with Crippen molar-refractivity contribution in [1.82, 2.24) is 10.2 Å². The fraction of sp³-hybridized carbons (Fsp3) is 0.882. The molecule has 2 unspecified atom stereocenters. The van der Waals surface area contributed by atoms with E-state index in [4.69, 9.17) is 0 Å². The Hall–Kier alpha value is -1.06. The Morgan fingerprint density at radius 1 is 1.14 bits per heavy atom. The minimum Gasteiger partial charge on any atom is -0.342 e. The van der Waals surface area contributed by atoms with Crippen LogP contribution in [0, 0.1) is 11.8 Å². The van der Waals surface area contributed by atoms with Crippen molar-refractivity contribution in [3.63, 3.8) is 0 Å². The third-order valence-corrected chi connectivity index (χ3v) is 4.69. The van der Waals surface area contributed by atoms with E-state index >= 15 is 0 Å². The van der Waals surface area contributed by atoms with Gasteiger partial charge in [-0.05, 0) is 31.1 Å². The van der Waals surface area contributed by atoms with Gasteiger partial charge < -0.3 is 10.2 Å². The van der Waals surface area contributed by atoms with Gasteiger partial charge >= 0.3 is 0 Å². The monoisotopic (exact) mass is 294 g/mol. The van der Waals surface area contributed by atoms with Crippen molar-refractivity contribution in [1.29, 1.82) is 0 Å². The van der Waals surface area contributed by atoms with Crippen LogP contribution in [0.25, 0.3) is 0 Å². The van der Waals surface area contributed by atoms with Crippen LogP contribution in [0.5, 0.6) is 0 Å². The van der Waals surface area contributed by atoms with Crippen LogP contribution in [0.4, 0.5) is 0 Å². The van der Waals surface area contributed by atoms with Crippen molar-refractivity contribution < 1.29 is 9.59 Å². The first-order valence-electron chi connectivity index (χ1n) is 8.67. The van der Waals surface area contributed by atoms with Crippen LogP contribution in [0.15, 0.2) is 0 Å². The number of carbonyl (C=O) groups is 2. The molecule has 0 aromatic heterocycles. The third kappa shape index (κ3) is 3.98. The molecule has 120 valence electrons. The zero-order valence-corrected chi connectivity index (χ0v) is 13.7. The first-order valence-corrected chi connectivity index (χ1v) is 8.67. The summed E-state index contributed by atoms with van der Waals surface area (Å²) in [6, 6.07) is -0.526. The van der Waals surface area contributed by atoms with Gasteiger partial charge in [0.05, 0.1) is 0 Å². The van der Waals surface area contributed by atoms with E-state index in [2.05, 4.69) is 12.2 Å². The predicted octanol–water partition coefficient (Wildman–Crippen LogP) is 2.72. The molecule has 0 bridgehead atoms. The first kappa shape index (κ1) is 16.3. The van der Waals surface area contributed by atoms with Crippen molar-refractivity contribution in [2.45, 2.75) is 77.8 Å². The lowest BCUT2D eigenvalue weighted by atomic mass is 9.95. The smallest absolute Gasteiger partial charge is 0.246 e. The topological polar surface area (TPSA) is 49.4 Å². The maximum Gasteiger partial charge on any atom is 0.246 e. The predicted molar refractivity (Wildman–Crippen MR) is 83.8 cm³/mol. The number of hydrogen-bond acceptors (Lipinski definition) is 2. The zero-order valence-electron chi connectivity index (χ0n) is 13.7. The SMILES string of the molecule is CCCCCCCN1C(=O)C(C(C)C)NC(=O)C1C1CC1. The molecule has 1 heterocycles. The summed E-state index contributed by atoms with van der Waals surface area (Å²) in [5.41, 5.74) is 0. The van der Waals surface area contributed by atoms with Gasteiger partial charge in [-0.2, -0.15) is 0 Å². The number of nitrogens with one attached hydrogen (secondary N) is 1. The molecule has 0 aromatic rings. The largest absolute Gasteiger partial charge is 0.342 e. The highest BCUT2D eigenvalue weighted by atomic mass is 16.2. The lowest BCUT2D eigenvalue weighted by Crippen LogP contribution is -2.65. The molecule has 2 atom stereocenters. The second kappa shape index (κ2) is 7.28. The lowest BCUT2D eigenvalue weighted by Gasteiger charge is -2.40. The van der Waals surface area contributed by atoms with Crippen molar-refractivity contribution in [3.8, 4) is 0 Å². The van der Waals surface area contributed by atoms with Crippen LogP contribution in [-0.2, 0) is 9.59 Å². The van der Waals surface area contributed by atoms with E-state index in [1.54, 1.807) is 0 Å². The summed E-state index contributed by atoms with van der Waals surface area (Å²) in [6.07, 6.45) is 8.07. The number of unbranched alkanes of at least 4 members (excludes halogenated alkanes) is 4. The van der Waals surface area contributed by atoms with Gasteiger partial charge in [0.1, 0.15) is 12.1 Å². The van der Waals surface area contributed by atoms with E-state index in [0.717, 1.165) is 32.2 Å². The summed E-state index contributed by atoms with van der Waals surface area (Å²) in [6.45, 7) is 6.95. The molecular weight excluding hydrogens is 264 g/mol. The standard InChI is InChI=1S/C17H30N2O2/c1-4-5-6-7-8-11-19-15(13-9-10-13)16(20)18-14(12(2)3)17(19)21/h12-15H,4-11H2,1-3H3,(H,18,20). The fourth-order valence-electron chi connectivity index (χ4n) is 3.22. The fourth-order valence-corrected chi connectivity index (χ4v) is 3.22. The molecule has 1 saturated heterocycles. The minimum atomic E-state index is -0.330. The Kier molecular flexibility index (Phi) is 5.65. The maximum atomic E-state index is 12.7. The molecule has 0 radical (unpaired) electrons. The maximum absolute atomic E-state index is 12.7. The molecule has 0 spiro atoms. The molecule has 4 nitrogen and oxygen atoms in total. The van der Waals surface area contributed by atoms with E-state index < -0.39 is 0 Å². The summed E-state index contributed by atoms with van der Waals surface area (Å²) in [5.74, 6) is 0.767. The molecule has 2 amide bonds. The van der Waals surface area contributed by atoms with Crippen LogP contribution < -0.4 is 5.32 Å². The lowest BCUT2D eigenvalue weighted by molar-refractivity contribution is -0.151. The second-order valence-corrected chi connectivity index (χ2v) is 6.96. The summed E-state index contributed by atoms with van der Waals surface area (Å²) in [7, 11) is 0. The van der Waals surface area contributed by atoms with Crippen LogP contribution in [0.2, 0.25) is 0 Å².